The van der Waals surface area contributed by atoms with Crippen molar-refractivity contribution in [1.82, 2.24) is 9.55 Å². The summed E-state index contributed by atoms with van der Waals surface area (Å²) in [4.78, 5) is 32.4. The second kappa shape index (κ2) is 8.09. The van der Waals surface area contributed by atoms with Crippen LogP contribution in [0.3, 0.4) is 0 Å². The molecular weight excluding hydrogens is 422 g/mol. The number of nitrogens with zero attached hydrogens (tertiary/aromatic N) is 3. The van der Waals surface area contributed by atoms with E-state index in [2.05, 4.69) is 13.0 Å². The predicted molar refractivity (Wildman–Crippen MR) is 127 cm³/mol. The summed E-state index contributed by atoms with van der Waals surface area (Å²) in [6.07, 6.45) is 0. The summed E-state index contributed by atoms with van der Waals surface area (Å²) in [5.41, 5.74) is 5.22. The van der Waals surface area contributed by atoms with Gasteiger partial charge in [0.1, 0.15) is 6.54 Å². The van der Waals surface area contributed by atoms with Crippen LogP contribution in [0.4, 0.5) is 5.13 Å². The van der Waals surface area contributed by atoms with Crippen LogP contribution in [0.25, 0.3) is 21.3 Å². The second-order valence-electron chi connectivity index (χ2n) is 7.74. The molecule has 0 saturated carbocycles. The van der Waals surface area contributed by atoms with Crippen molar-refractivity contribution in [2.24, 2.45) is 0 Å². The van der Waals surface area contributed by atoms with Crippen LogP contribution in [0.2, 0.25) is 0 Å². The van der Waals surface area contributed by atoms with Crippen LogP contribution in [0.15, 0.2) is 75.9 Å². The van der Waals surface area contributed by atoms with Gasteiger partial charge in [-0.15, -0.1) is 0 Å². The Morgan fingerprint density at radius 2 is 1.78 bits per heavy atom. The van der Waals surface area contributed by atoms with Crippen molar-refractivity contribution in [2.75, 3.05) is 4.90 Å². The number of aryl methyl sites for hydroxylation is 2. The van der Waals surface area contributed by atoms with E-state index in [1.165, 1.54) is 15.9 Å². The van der Waals surface area contributed by atoms with Crippen molar-refractivity contribution in [1.29, 1.82) is 0 Å². The Morgan fingerprint density at radius 3 is 2.59 bits per heavy atom. The van der Waals surface area contributed by atoms with Gasteiger partial charge in [0, 0.05) is 0 Å². The molecule has 5 aromatic rings. The molecule has 32 heavy (non-hydrogen) atoms. The molecule has 0 spiro atoms. The first-order chi connectivity index (χ1) is 15.5. The maximum absolute atomic E-state index is 13.5. The molecule has 160 valence electrons. The van der Waals surface area contributed by atoms with Crippen LogP contribution >= 0.6 is 11.3 Å². The van der Waals surface area contributed by atoms with E-state index < -0.39 is 5.76 Å². The molecule has 0 aliphatic heterocycles. The van der Waals surface area contributed by atoms with Crippen LogP contribution in [-0.4, -0.2) is 15.5 Å². The minimum atomic E-state index is -0.546. The molecule has 7 heteroatoms. The number of carbonyl (C=O) groups excluding carboxylic acids is 1. The zero-order valence-electron chi connectivity index (χ0n) is 17.7. The summed E-state index contributed by atoms with van der Waals surface area (Å²) in [6.45, 7) is 4.33. The van der Waals surface area contributed by atoms with Gasteiger partial charge in [-0.05, 0) is 48.7 Å². The number of anilines is 1. The Morgan fingerprint density at radius 1 is 1.03 bits per heavy atom. The van der Waals surface area contributed by atoms with E-state index in [1.54, 1.807) is 23.1 Å². The van der Waals surface area contributed by atoms with E-state index in [0.29, 0.717) is 22.8 Å². The van der Waals surface area contributed by atoms with Gasteiger partial charge in [-0.3, -0.25) is 14.3 Å². The third kappa shape index (κ3) is 3.61. The molecule has 6 nitrogen and oxygen atoms in total. The summed E-state index contributed by atoms with van der Waals surface area (Å²) in [5, 5.41) is 0.614. The summed E-state index contributed by atoms with van der Waals surface area (Å²) in [6, 6.07) is 21.0. The highest BCUT2D eigenvalue weighted by Gasteiger charge is 2.23. The lowest BCUT2D eigenvalue weighted by Crippen LogP contribution is -2.35. The molecule has 0 aliphatic carbocycles. The number of thiazole rings is 1. The lowest BCUT2D eigenvalue weighted by molar-refractivity contribution is -0.119. The minimum Gasteiger partial charge on any atom is -0.408 e. The number of fused-ring (bicyclic) bond motifs is 2. The predicted octanol–water partition coefficient (Wildman–Crippen LogP) is 5.05. The molecule has 2 aromatic heterocycles. The van der Waals surface area contributed by atoms with Gasteiger partial charge in [-0.25, -0.2) is 9.78 Å². The van der Waals surface area contributed by atoms with Crippen LogP contribution in [0, 0.1) is 13.8 Å². The van der Waals surface area contributed by atoms with E-state index in [9.17, 15) is 9.59 Å². The molecule has 2 heterocycles. The maximum Gasteiger partial charge on any atom is 0.420 e. The largest absolute Gasteiger partial charge is 0.420 e. The third-order valence-corrected chi connectivity index (χ3v) is 6.70. The summed E-state index contributed by atoms with van der Waals surface area (Å²) in [5.74, 6) is -0.772. The summed E-state index contributed by atoms with van der Waals surface area (Å²) < 4.78 is 7.71. The third-order valence-electron chi connectivity index (χ3n) is 5.66. The van der Waals surface area contributed by atoms with Gasteiger partial charge in [0.2, 0.25) is 5.91 Å². The summed E-state index contributed by atoms with van der Waals surface area (Å²) >= 11 is 1.48. The fourth-order valence-corrected chi connectivity index (χ4v) is 4.78. The first kappa shape index (κ1) is 20.2. The highest BCUT2D eigenvalue weighted by atomic mass is 32.1. The van der Waals surface area contributed by atoms with Gasteiger partial charge in [0.15, 0.2) is 10.7 Å². The quantitative estimate of drug-likeness (QED) is 0.381. The van der Waals surface area contributed by atoms with E-state index >= 15 is 0 Å². The molecular formula is C25H21N3O3S. The lowest BCUT2D eigenvalue weighted by Gasteiger charge is -2.20. The van der Waals surface area contributed by atoms with Crippen molar-refractivity contribution < 1.29 is 9.21 Å². The van der Waals surface area contributed by atoms with Crippen molar-refractivity contribution in [3.8, 4) is 0 Å². The fourth-order valence-electron chi connectivity index (χ4n) is 3.74. The Bertz CT molecular complexity index is 1500. The highest BCUT2D eigenvalue weighted by Crippen LogP contribution is 2.33. The van der Waals surface area contributed by atoms with E-state index in [-0.39, 0.29) is 12.5 Å². The first-order valence-corrected chi connectivity index (χ1v) is 11.1. The van der Waals surface area contributed by atoms with Gasteiger partial charge >= 0.3 is 5.76 Å². The lowest BCUT2D eigenvalue weighted by atomic mass is 10.1. The fraction of sp³-hybridized carbons (Fsp3) is 0.160. The molecule has 0 fully saturated rings. The molecule has 0 bridgehead atoms. The molecule has 3 aromatic carbocycles. The number of hydrogen-bond acceptors (Lipinski definition) is 5. The van der Waals surface area contributed by atoms with Gasteiger partial charge < -0.3 is 4.42 Å². The van der Waals surface area contributed by atoms with E-state index in [4.69, 9.17) is 9.40 Å². The van der Waals surface area contributed by atoms with Gasteiger partial charge in [-0.2, -0.15) is 0 Å². The Balaban J connectivity index is 1.56. The average molecular weight is 444 g/mol. The van der Waals surface area contributed by atoms with Crippen molar-refractivity contribution in [3.05, 3.63) is 94.0 Å². The Kier molecular flexibility index (Phi) is 5.11. The highest BCUT2D eigenvalue weighted by molar-refractivity contribution is 7.22. The normalized spacial score (nSPS) is 11.3. The Labute approximate surface area is 188 Å². The molecule has 0 unspecified atom stereocenters. The van der Waals surface area contributed by atoms with Crippen LogP contribution in [0.1, 0.15) is 16.7 Å². The van der Waals surface area contributed by atoms with Gasteiger partial charge in [0.05, 0.1) is 22.3 Å². The average Bonchev–Trinajstić information content (AvgIpc) is 3.37. The number of hydrogen-bond donors (Lipinski definition) is 0. The standard InChI is InChI=1S/C25H21N3O3S/c1-16-12-13-21-23(17(16)2)26-24(32-21)28(14-18-8-4-3-5-9-18)22(29)15-27-19-10-6-7-11-20(19)31-25(27)30/h3-13H,14-15H2,1-2H3. The molecule has 0 N–H and O–H groups in total. The topological polar surface area (TPSA) is 68.3 Å². The SMILES string of the molecule is Cc1ccc2sc(N(Cc3ccccc3)C(=O)Cn3c(=O)oc4ccccc43)nc2c1C. The number of oxazole rings is 1. The van der Waals surface area contributed by atoms with Crippen molar-refractivity contribution in [3.63, 3.8) is 0 Å². The molecule has 0 aliphatic rings. The molecule has 0 radical (unpaired) electrons. The first-order valence-electron chi connectivity index (χ1n) is 10.3. The van der Waals surface area contributed by atoms with Gasteiger partial charge in [0.25, 0.3) is 0 Å². The second-order valence-corrected chi connectivity index (χ2v) is 8.75. The molecule has 0 atom stereocenters. The molecule has 0 saturated heterocycles. The molecule has 1 amide bonds. The maximum atomic E-state index is 13.5. The number of rotatable bonds is 5. The summed E-state index contributed by atoms with van der Waals surface area (Å²) in [7, 11) is 0. The van der Waals surface area contributed by atoms with E-state index in [0.717, 1.165) is 26.9 Å². The van der Waals surface area contributed by atoms with Crippen molar-refractivity contribution in [2.45, 2.75) is 26.9 Å². The zero-order chi connectivity index (χ0) is 22.2. The number of para-hydroxylation sites is 2. The minimum absolute atomic E-state index is 0.128. The smallest absolute Gasteiger partial charge is 0.408 e. The van der Waals surface area contributed by atoms with Crippen LogP contribution < -0.4 is 10.7 Å². The number of carbonyl (C=O) groups is 1. The zero-order valence-corrected chi connectivity index (χ0v) is 18.6. The monoisotopic (exact) mass is 443 g/mol. The number of benzene rings is 3. The Hall–Kier alpha value is -3.71. The van der Waals surface area contributed by atoms with Crippen molar-refractivity contribution >= 4 is 43.7 Å². The van der Waals surface area contributed by atoms with Crippen LogP contribution in [-0.2, 0) is 17.9 Å². The van der Waals surface area contributed by atoms with Crippen LogP contribution in [0.5, 0.6) is 0 Å². The van der Waals surface area contributed by atoms with E-state index in [1.807, 2.05) is 49.4 Å². The number of aromatic nitrogens is 2. The van der Waals surface area contributed by atoms with Gasteiger partial charge in [-0.1, -0.05) is 59.9 Å². The molecule has 5 rings (SSSR count). The number of amides is 1.